The van der Waals surface area contributed by atoms with Gasteiger partial charge in [-0.3, -0.25) is 0 Å². The van der Waals surface area contributed by atoms with Gasteiger partial charge in [-0.1, -0.05) is 41.9 Å². The highest BCUT2D eigenvalue weighted by molar-refractivity contribution is 6.30. The van der Waals surface area contributed by atoms with Gasteiger partial charge in [0, 0.05) is 5.02 Å². The fourth-order valence-corrected chi connectivity index (χ4v) is 1.97. The Morgan fingerprint density at radius 3 is 2.56 bits per heavy atom. The van der Waals surface area contributed by atoms with E-state index in [0.29, 0.717) is 18.2 Å². The summed E-state index contributed by atoms with van der Waals surface area (Å²) in [5.41, 5.74) is 7.79. The standard InChI is InChI=1S/C15H16ClNO/c16-14-6-7-15(13(10-14)8-9-17)18-11-12-4-2-1-3-5-12/h1-7,10H,8-9,11,17H2. The van der Waals surface area contributed by atoms with Crippen molar-refractivity contribution in [3.8, 4) is 5.75 Å². The Kier molecular flexibility index (Phi) is 4.62. The lowest BCUT2D eigenvalue weighted by Gasteiger charge is -2.11. The quantitative estimate of drug-likeness (QED) is 0.895. The molecule has 0 bridgehead atoms. The van der Waals surface area contributed by atoms with Crippen molar-refractivity contribution in [1.82, 2.24) is 0 Å². The van der Waals surface area contributed by atoms with E-state index in [2.05, 4.69) is 0 Å². The van der Waals surface area contributed by atoms with Crippen LogP contribution >= 0.6 is 11.6 Å². The molecule has 0 spiro atoms. The van der Waals surface area contributed by atoms with E-state index in [4.69, 9.17) is 22.1 Å². The van der Waals surface area contributed by atoms with Crippen LogP contribution in [0.25, 0.3) is 0 Å². The Morgan fingerprint density at radius 1 is 1.06 bits per heavy atom. The first-order valence-corrected chi connectivity index (χ1v) is 6.32. The summed E-state index contributed by atoms with van der Waals surface area (Å²) in [7, 11) is 0. The van der Waals surface area contributed by atoms with E-state index in [-0.39, 0.29) is 0 Å². The Morgan fingerprint density at radius 2 is 1.83 bits per heavy atom. The summed E-state index contributed by atoms with van der Waals surface area (Å²) in [4.78, 5) is 0. The third-order valence-corrected chi connectivity index (χ3v) is 2.91. The van der Waals surface area contributed by atoms with E-state index in [1.54, 1.807) is 0 Å². The van der Waals surface area contributed by atoms with Crippen molar-refractivity contribution in [1.29, 1.82) is 0 Å². The average Bonchev–Trinajstić information content (AvgIpc) is 2.39. The largest absolute Gasteiger partial charge is 0.489 e. The molecule has 2 aromatic carbocycles. The molecule has 0 saturated carbocycles. The molecule has 0 aliphatic heterocycles. The highest BCUT2D eigenvalue weighted by Crippen LogP contribution is 2.24. The molecule has 0 fully saturated rings. The van der Waals surface area contributed by atoms with Crippen molar-refractivity contribution in [3.63, 3.8) is 0 Å². The van der Waals surface area contributed by atoms with E-state index >= 15 is 0 Å². The Balaban J connectivity index is 2.09. The highest BCUT2D eigenvalue weighted by atomic mass is 35.5. The van der Waals surface area contributed by atoms with Crippen LogP contribution in [-0.4, -0.2) is 6.54 Å². The molecule has 0 heterocycles. The Bertz CT molecular complexity index is 499. The van der Waals surface area contributed by atoms with E-state index < -0.39 is 0 Å². The van der Waals surface area contributed by atoms with Gasteiger partial charge in [0.1, 0.15) is 12.4 Å². The molecule has 0 atom stereocenters. The molecule has 0 aliphatic carbocycles. The second-order valence-electron chi connectivity index (χ2n) is 4.06. The van der Waals surface area contributed by atoms with E-state index in [1.165, 1.54) is 0 Å². The van der Waals surface area contributed by atoms with Gasteiger partial charge >= 0.3 is 0 Å². The Hall–Kier alpha value is -1.51. The molecular formula is C15H16ClNO. The van der Waals surface area contributed by atoms with Crippen molar-refractivity contribution in [3.05, 3.63) is 64.7 Å². The maximum Gasteiger partial charge on any atom is 0.123 e. The van der Waals surface area contributed by atoms with Crippen molar-refractivity contribution in [2.75, 3.05) is 6.54 Å². The molecule has 0 aromatic heterocycles. The van der Waals surface area contributed by atoms with Crippen LogP contribution in [0.4, 0.5) is 0 Å². The van der Waals surface area contributed by atoms with Crippen molar-refractivity contribution in [2.45, 2.75) is 13.0 Å². The zero-order chi connectivity index (χ0) is 12.8. The molecule has 94 valence electrons. The zero-order valence-electron chi connectivity index (χ0n) is 10.1. The molecule has 0 saturated heterocycles. The molecule has 0 amide bonds. The van der Waals surface area contributed by atoms with Gasteiger partial charge in [0.25, 0.3) is 0 Å². The lowest BCUT2D eigenvalue weighted by molar-refractivity contribution is 0.303. The van der Waals surface area contributed by atoms with Gasteiger partial charge in [-0.05, 0) is 42.3 Å². The molecule has 0 aliphatic rings. The van der Waals surface area contributed by atoms with Gasteiger partial charge in [-0.2, -0.15) is 0 Å². The van der Waals surface area contributed by atoms with Crippen LogP contribution in [0, 0.1) is 0 Å². The number of ether oxygens (including phenoxy) is 1. The molecule has 2 rings (SSSR count). The first kappa shape index (κ1) is 12.9. The summed E-state index contributed by atoms with van der Waals surface area (Å²) in [5, 5.41) is 0.713. The molecule has 3 heteroatoms. The molecule has 0 unspecified atom stereocenters. The first-order chi connectivity index (χ1) is 8.79. The van der Waals surface area contributed by atoms with Gasteiger partial charge in [0.15, 0.2) is 0 Å². The van der Waals surface area contributed by atoms with Crippen molar-refractivity contribution in [2.24, 2.45) is 5.73 Å². The smallest absolute Gasteiger partial charge is 0.123 e. The minimum absolute atomic E-state index is 0.556. The molecule has 18 heavy (non-hydrogen) atoms. The summed E-state index contributed by atoms with van der Waals surface area (Å²) in [6.07, 6.45) is 0.769. The van der Waals surface area contributed by atoms with Crippen molar-refractivity contribution >= 4 is 11.6 Å². The van der Waals surface area contributed by atoms with Crippen molar-refractivity contribution < 1.29 is 4.74 Å². The molecule has 0 radical (unpaired) electrons. The minimum Gasteiger partial charge on any atom is -0.489 e. The summed E-state index contributed by atoms with van der Waals surface area (Å²) in [5.74, 6) is 0.855. The zero-order valence-corrected chi connectivity index (χ0v) is 10.9. The van der Waals surface area contributed by atoms with Crippen LogP contribution in [-0.2, 0) is 13.0 Å². The highest BCUT2D eigenvalue weighted by Gasteiger charge is 2.04. The van der Waals surface area contributed by atoms with Gasteiger partial charge in [-0.25, -0.2) is 0 Å². The summed E-state index contributed by atoms with van der Waals surface area (Å²) >= 11 is 5.97. The van der Waals surface area contributed by atoms with E-state index in [1.807, 2.05) is 48.5 Å². The van der Waals surface area contributed by atoms with Crippen LogP contribution in [0.1, 0.15) is 11.1 Å². The van der Waals surface area contributed by atoms with Gasteiger partial charge in [0.05, 0.1) is 0 Å². The predicted octanol–water partition coefficient (Wildman–Crippen LogP) is 3.42. The summed E-state index contributed by atoms with van der Waals surface area (Å²) in [6, 6.07) is 15.7. The van der Waals surface area contributed by atoms with Gasteiger partial charge in [0.2, 0.25) is 0 Å². The number of hydrogen-bond acceptors (Lipinski definition) is 2. The third-order valence-electron chi connectivity index (χ3n) is 2.67. The Labute approximate surface area is 112 Å². The maximum absolute atomic E-state index is 5.97. The fourth-order valence-electron chi connectivity index (χ4n) is 1.78. The number of hydrogen-bond donors (Lipinski definition) is 1. The van der Waals surface area contributed by atoms with Crippen LogP contribution < -0.4 is 10.5 Å². The number of benzene rings is 2. The second-order valence-corrected chi connectivity index (χ2v) is 4.50. The fraction of sp³-hybridized carbons (Fsp3) is 0.200. The molecular weight excluding hydrogens is 246 g/mol. The third kappa shape index (κ3) is 3.49. The van der Waals surface area contributed by atoms with Crippen LogP contribution in [0.2, 0.25) is 5.02 Å². The lowest BCUT2D eigenvalue weighted by atomic mass is 10.1. The topological polar surface area (TPSA) is 35.2 Å². The van der Waals surface area contributed by atoms with Crippen LogP contribution in [0.3, 0.4) is 0 Å². The minimum atomic E-state index is 0.556. The summed E-state index contributed by atoms with van der Waals surface area (Å²) < 4.78 is 5.82. The lowest BCUT2D eigenvalue weighted by Crippen LogP contribution is -2.05. The average molecular weight is 262 g/mol. The van der Waals surface area contributed by atoms with Crippen LogP contribution in [0.5, 0.6) is 5.75 Å². The summed E-state index contributed by atoms with van der Waals surface area (Å²) in [6.45, 7) is 1.14. The van der Waals surface area contributed by atoms with Gasteiger partial charge < -0.3 is 10.5 Å². The van der Waals surface area contributed by atoms with Crippen LogP contribution in [0.15, 0.2) is 48.5 Å². The number of nitrogens with two attached hydrogens (primary N) is 1. The first-order valence-electron chi connectivity index (χ1n) is 5.95. The maximum atomic E-state index is 5.97. The number of rotatable bonds is 5. The number of halogens is 1. The molecule has 2 N–H and O–H groups in total. The molecule has 2 aromatic rings. The van der Waals surface area contributed by atoms with Gasteiger partial charge in [-0.15, -0.1) is 0 Å². The van der Waals surface area contributed by atoms with E-state index in [9.17, 15) is 0 Å². The van der Waals surface area contributed by atoms with E-state index in [0.717, 1.165) is 23.3 Å². The SMILES string of the molecule is NCCc1cc(Cl)ccc1OCc1ccccc1. The molecule has 2 nitrogen and oxygen atoms in total. The predicted molar refractivity (Wildman–Crippen MR) is 75.0 cm³/mol. The second kappa shape index (κ2) is 6.43. The normalized spacial score (nSPS) is 10.3. The monoisotopic (exact) mass is 261 g/mol.